The van der Waals surface area contributed by atoms with Gasteiger partial charge in [-0.3, -0.25) is 29.8 Å². The number of nitro benzene ring substituents is 2. The molecule has 0 spiro atoms. The van der Waals surface area contributed by atoms with E-state index >= 15 is 0 Å². The van der Waals surface area contributed by atoms with Gasteiger partial charge in [-0.05, 0) is 60.3 Å². The van der Waals surface area contributed by atoms with Gasteiger partial charge in [0.25, 0.3) is 17.5 Å². The summed E-state index contributed by atoms with van der Waals surface area (Å²) in [4.78, 5) is 46.6. The number of ether oxygens (including phenoxy) is 2. The first-order valence-electron chi connectivity index (χ1n) is 11.9. The zero-order valence-corrected chi connectivity index (χ0v) is 22.1. The fourth-order valence-electron chi connectivity index (χ4n) is 3.53. The van der Waals surface area contributed by atoms with Crippen LogP contribution < -0.4 is 20.2 Å². The molecule has 41 heavy (non-hydrogen) atoms. The van der Waals surface area contributed by atoms with Gasteiger partial charge in [-0.2, -0.15) is 5.10 Å². The van der Waals surface area contributed by atoms with E-state index in [1.54, 1.807) is 60.8 Å². The Morgan fingerprint density at radius 3 is 2.41 bits per heavy atom. The third kappa shape index (κ3) is 7.07. The number of nitro groups is 2. The molecule has 1 heterocycles. The molecule has 0 fully saturated rings. The van der Waals surface area contributed by atoms with Crippen molar-refractivity contribution < 1.29 is 28.9 Å². The number of carbonyl (C=O) groups excluding carboxylic acids is 2. The molecular weight excluding hydrogens is 554 g/mol. The molecule has 13 nitrogen and oxygen atoms in total. The van der Waals surface area contributed by atoms with Crippen LogP contribution in [0.1, 0.15) is 32.5 Å². The lowest BCUT2D eigenvalue weighted by Gasteiger charge is -2.12. The number of non-ortho nitro benzene ring substituents is 1. The van der Waals surface area contributed by atoms with Crippen LogP contribution in [0, 0.1) is 20.2 Å². The summed E-state index contributed by atoms with van der Waals surface area (Å²) in [7, 11) is 0. The molecule has 0 saturated heterocycles. The summed E-state index contributed by atoms with van der Waals surface area (Å²) >= 11 is 1.28. The fourth-order valence-corrected chi connectivity index (χ4v) is 4.15. The Morgan fingerprint density at radius 2 is 1.71 bits per heavy atom. The molecule has 0 aliphatic rings. The topological polar surface area (TPSA) is 175 Å². The number of amides is 2. The van der Waals surface area contributed by atoms with Gasteiger partial charge in [0.05, 0.1) is 44.9 Å². The third-order valence-electron chi connectivity index (χ3n) is 5.38. The fraction of sp³-hybridized carbons (Fsp3) is 0.0741. The quantitative estimate of drug-likeness (QED) is 0.129. The second-order valence-corrected chi connectivity index (χ2v) is 9.03. The van der Waals surface area contributed by atoms with E-state index in [-0.39, 0.29) is 35.3 Å². The second-order valence-electron chi connectivity index (χ2n) is 8.08. The molecule has 1 aromatic heterocycles. The van der Waals surface area contributed by atoms with Gasteiger partial charge in [0.1, 0.15) is 0 Å². The first kappa shape index (κ1) is 28.4. The van der Waals surface area contributed by atoms with E-state index in [2.05, 4.69) is 15.8 Å². The molecule has 4 rings (SSSR count). The van der Waals surface area contributed by atoms with E-state index in [1.807, 2.05) is 0 Å². The minimum atomic E-state index is -0.780. The number of para-hydroxylation sites is 1. The predicted molar refractivity (Wildman–Crippen MR) is 151 cm³/mol. The molecule has 0 unspecified atom stereocenters. The molecule has 0 saturated carbocycles. The summed E-state index contributed by atoms with van der Waals surface area (Å²) in [6.45, 7) is 1.97. The van der Waals surface area contributed by atoms with Crippen molar-refractivity contribution in [1.82, 2.24) is 5.43 Å². The van der Waals surface area contributed by atoms with Gasteiger partial charge in [0.15, 0.2) is 11.5 Å². The van der Waals surface area contributed by atoms with Crippen LogP contribution in [-0.2, 0) is 0 Å². The van der Waals surface area contributed by atoms with Crippen LogP contribution in [0.5, 0.6) is 17.2 Å². The molecule has 3 aromatic carbocycles. The van der Waals surface area contributed by atoms with E-state index < -0.39 is 27.1 Å². The van der Waals surface area contributed by atoms with Crippen LogP contribution in [0.2, 0.25) is 0 Å². The Labute approximate surface area is 236 Å². The normalized spacial score (nSPS) is 10.7. The average molecular weight is 576 g/mol. The Hall–Kier alpha value is -5.63. The highest BCUT2D eigenvalue weighted by atomic mass is 32.1. The minimum Gasteiger partial charge on any atom is -0.490 e. The Kier molecular flexibility index (Phi) is 8.96. The molecule has 0 radical (unpaired) electrons. The summed E-state index contributed by atoms with van der Waals surface area (Å²) in [5.74, 6) is -0.759. The minimum absolute atomic E-state index is 0.125. The van der Waals surface area contributed by atoms with Crippen LogP contribution in [0.4, 0.5) is 17.1 Å². The van der Waals surface area contributed by atoms with Gasteiger partial charge in [0, 0.05) is 6.07 Å². The number of nitrogens with one attached hydrogen (secondary N) is 2. The lowest BCUT2D eigenvalue weighted by molar-refractivity contribution is -0.394. The standard InChI is InChI=1S/C27H21N5O8S/c1-2-39-24-14-17(9-11-23(24)40-22-12-10-18(31(35)36)15-21(22)32(37)38)16-28-30-26(33)19-6-3-4-7-20(19)29-27(34)25-8-5-13-41-25/h3-16H,2H2,1H3,(H,29,34)(H,30,33)/b28-16+. The lowest BCUT2D eigenvalue weighted by Crippen LogP contribution is -2.21. The van der Waals surface area contributed by atoms with Crippen LogP contribution in [0.3, 0.4) is 0 Å². The smallest absolute Gasteiger partial charge is 0.318 e. The van der Waals surface area contributed by atoms with E-state index in [4.69, 9.17) is 9.47 Å². The van der Waals surface area contributed by atoms with Crippen molar-refractivity contribution in [3.8, 4) is 17.2 Å². The zero-order valence-electron chi connectivity index (χ0n) is 21.3. The van der Waals surface area contributed by atoms with Crippen molar-refractivity contribution >= 4 is 46.4 Å². The zero-order chi connectivity index (χ0) is 29.4. The van der Waals surface area contributed by atoms with Crippen molar-refractivity contribution in [3.63, 3.8) is 0 Å². The van der Waals surface area contributed by atoms with Gasteiger partial charge in [-0.1, -0.05) is 18.2 Å². The Bertz CT molecular complexity index is 1640. The molecule has 208 valence electrons. The first-order valence-corrected chi connectivity index (χ1v) is 12.8. The second kappa shape index (κ2) is 12.9. The molecule has 2 amide bonds. The van der Waals surface area contributed by atoms with Gasteiger partial charge in [-0.25, -0.2) is 5.43 Å². The van der Waals surface area contributed by atoms with E-state index in [0.717, 1.165) is 18.2 Å². The monoisotopic (exact) mass is 575 g/mol. The molecule has 14 heteroatoms. The third-order valence-corrected chi connectivity index (χ3v) is 6.25. The number of anilines is 1. The summed E-state index contributed by atoms with van der Waals surface area (Å²) < 4.78 is 11.3. The van der Waals surface area contributed by atoms with Crippen molar-refractivity contribution in [2.45, 2.75) is 6.92 Å². The molecule has 0 aliphatic heterocycles. The number of thiophene rings is 1. The number of hydrogen-bond acceptors (Lipinski definition) is 10. The van der Waals surface area contributed by atoms with E-state index in [9.17, 15) is 29.8 Å². The predicted octanol–water partition coefficient (Wildman–Crippen LogP) is 5.77. The highest BCUT2D eigenvalue weighted by Gasteiger charge is 2.22. The summed E-state index contributed by atoms with van der Waals surface area (Å²) in [6.07, 6.45) is 1.35. The maximum atomic E-state index is 12.8. The number of hydrogen-bond donors (Lipinski definition) is 2. The number of benzene rings is 3. The maximum Gasteiger partial charge on any atom is 0.318 e. The van der Waals surface area contributed by atoms with Gasteiger partial charge in [0.2, 0.25) is 5.75 Å². The van der Waals surface area contributed by atoms with Crippen molar-refractivity contribution in [2.24, 2.45) is 5.10 Å². The highest BCUT2D eigenvalue weighted by molar-refractivity contribution is 7.12. The molecule has 0 aliphatic carbocycles. The van der Waals surface area contributed by atoms with Crippen molar-refractivity contribution in [3.05, 3.63) is 114 Å². The molecular formula is C27H21N5O8S. The molecule has 2 N–H and O–H groups in total. The van der Waals surface area contributed by atoms with Crippen LogP contribution >= 0.6 is 11.3 Å². The summed E-state index contributed by atoms with van der Waals surface area (Å²) in [5, 5.41) is 30.9. The summed E-state index contributed by atoms with van der Waals surface area (Å²) in [5.41, 5.74) is 2.41. The molecule has 4 aromatic rings. The van der Waals surface area contributed by atoms with Crippen LogP contribution in [0.15, 0.2) is 83.3 Å². The SMILES string of the molecule is CCOc1cc(/C=N/NC(=O)c2ccccc2NC(=O)c2cccs2)ccc1Oc1ccc([N+](=O)[O-])cc1[N+](=O)[O-]. The Balaban J connectivity index is 1.49. The van der Waals surface area contributed by atoms with Crippen LogP contribution in [0.25, 0.3) is 0 Å². The van der Waals surface area contributed by atoms with Gasteiger partial charge >= 0.3 is 5.69 Å². The highest BCUT2D eigenvalue weighted by Crippen LogP contribution is 2.38. The molecule has 0 bridgehead atoms. The van der Waals surface area contributed by atoms with Crippen LogP contribution in [-0.4, -0.2) is 34.5 Å². The Morgan fingerprint density at radius 1 is 0.927 bits per heavy atom. The van der Waals surface area contributed by atoms with E-state index in [1.165, 1.54) is 23.6 Å². The molecule has 0 atom stereocenters. The number of nitrogens with zero attached hydrogens (tertiary/aromatic N) is 3. The maximum absolute atomic E-state index is 12.8. The van der Waals surface area contributed by atoms with Crippen molar-refractivity contribution in [1.29, 1.82) is 0 Å². The number of rotatable bonds is 11. The van der Waals surface area contributed by atoms with E-state index in [0.29, 0.717) is 16.1 Å². The summed E-state index contributed by atoms with van der Waals surface area (Å²) in [6, 6.07) is 17.6. The number of carbonyl (C=O) groups is 2. The number of hydrazone groups is 1. The van der Waals surface area contributed by atoms with Gasteiger partial charge in [-0.15, -0.1) is 11.3 Å². The van der Waals surface area contributed by atoms with Gasteiger partial charge < -0.3 is 14.8 Å². The average Bonchev–Trinajstić information content (AvgIpc) is 3.50. The largest absolute Gasteiger partial charge is 0.490 e. The van der Waals surface area contributed by atoms with Crippen molar-refractivity contribution in [2.75, 3.05) is 11.9 Å². The first-order chi connectivity index (χ1) is 19.8. The lowest BCUT2D eigenvalue weighted by atomic mass is 10.1.